The maximum absolute atomic E-state index is 14.5. The largest absolute Gasteiger partial charge is 0.354 e. The highest BCUT2D eigenvalue weighted by molar-refractivity contribution is 9.10. The van der Waals surface area contributed by atoms with Crippen molar-refractivity contribution in [3.05, 3.63) is 105 Å². The van der Waals surface area contributed by atoms with Gasteiger partial charge in [0.25, 0.3) is 0 Å². The summed E-state index contributed by atoms with van der Waals surface area (Å²) in [6, 6.07) is 20.7. The number of hydrogen-bond acceptors (Lipinski definition) is 2. The van der Waals surface area contributed by atoms with Gasteiger partial charge in [-0.1, -0.05) is 89.4 Å². The molecule has 0 spiro atoms. The second-order valence-electron chi connectivity index (χ2n) is 8.38. The van der Waals surface area contributed by atoms with Gasteiger partial charge in [0.05, 0.1) is 6.42 Å². The Morgan fingerprint density at radius 3 is 2.37 bits per heavy atom. The first kappa shape index (κ1) is 26.9. The van der Waals surface area contributed by atoms with E-state index < -0.39 is 11.9 Å². The van der Waals surface area contributed by atoms with Gasteiger partial charge >= 0.3 is 0 Å². The fraction of sp³-hybridized carbons (Fsp3) is 0.286. The van der Waals surface area contributed by atoms with Crippen molar-refractivity contribution in [1.82, 2.24) is 10.2 Å². The highest BCUT2D eigenvalue weighted by Gasteiger charge is 2.31. The van der Waals surface area contributed by atoms with Gasteiger partial charge in [-0.3, -0.25) is 9.59 Å². The summed E-state index contributed by atoms with van der Waals surface area (Å²) >= 11 is 9.65. The molecule has 3 aromatic rings. The smallest absolute Gasteiger partial charge is 0.243 e. The van der Waals surface area contributed by atoms with E-state index in [0.717, 1.165) is 28.4 Å². The zero-order valence-corrected chi connectivity index (χ0v) is 22.0. The van der Waals surface area contributed by atoms with Crippen molar-refractivity contribution in [2.45, 2.75) is 45.2 Å². The number of nitrogens with one attached hydrogen (secondary N) is 1. The lowest BCUT2D eigenvalue weighted by atomic mass is 10.0. The minimum absolute atomic E-state index is 0.129. The lowest BCUT2D eigenvalue weighted by Gasteiger charge is -2.32. The molecule has 0 aliphatic heterocycles. The maximum Gasteiger partial charge on any atom is 0.243 e. The second-order valence-corrected chi connectivity index (χ2v) is 9.70. The van der Waals surface area contributed by atoms with Crippen molar-refractivity contribution in [2.24, 2.45) is 0 Å². The van der Waals surface area contributed by atoms with Gasteiger partial charge in [0, 0.05) is 34.6 Å². The van der Waals surface area contributed by atoms with Crippen LogP contribution in [-0.4, -0.2) is 29.3 Å². The monoisotopic (exact) mass is 558 g/mol. The predicted octanol–water partition coefficient (Wildman–Crippen LogP) is 6.34. The number of carbonyl (C=O) groups is 2. The van der Waals surface area contributed by atoms with Crippen LogP contribution in [0.15, 0.2) is 77.3 Å². The number of halogens is 3. The first-order chi connectivity index (χ1) is 16.9. The molecule has 0 saturated heterocycles. The molecule has 0 bridgehead atoms. The molecule has 1 atom stereocenters. The average Bonchev–Trinajstić information content (AvgIpc) is 2.85. The summed E-state index contributed by atoms with van der Waals surface area (Å²) in [5, 5.41) is 3.17. The lowest BCUT2D eigenvalue weighted by molar-refractivity contribution is -0.140. The molecule has 0 radical (unpaired) electrons. The molecule has 7 heteroatoms. The molecular formula is C28H29BrClFN2O2. The van der Waals surface area contributed by atoms with Gasteiger partial charge in [-0.05, 0) is 41.8 Å². The van der Waals surface area contributed by atoms with Gasteiger partial charge in [0.2, 0.25) is 11.8 Å². The molecule has 35 heavy (non-hydrogen) atoms. The van der Waals surface area contributed by atoms with Crippen molar-refractivity contribution >= 4 is 39.3 Å². The molecule has 0 fully saturated rings. The third-order valence-electron chi connectivity index (χ3n) is 5.76. The third-order valence-corrected chi connectivity index (χ3v) is 6.64. The van der Waals surface area contributed by atoms with Crippen LogP contribution in [0.25, 0.3) is 0 Å². The molecule has 3 aromatic carbocycles. The number of hydrogen-bond donors (Lipinski definition) is 1. The van der Waals surface area contributed by atoms with E-state index in [-0.39, 0.29) is 35.4 Å². The van der Waals surface area contributed by atoms with E-state index in [4.69, 9.17) is 11.6 Å². The summed E-state index contributed by atoms with van der Waals surface area (Å²) in [5.41, 5.74) is 1.92. The zero-order valence-electron chi connectivity index (χ0n) is 19.6. The van der Waals surface area contributed by atoms with Crippen molar-refractivity contribution in [3.8, 4) is 0 Å². The molecule has 3 rings (SSSR count). The molecule has 0 aliphatic rings. The molecule has 0 aliphatic carbocycles. The van der Waals surface area contributed by atoms with E-state index in [1.807, 2.05) is 54.6 Å². The second kappa shape index (κ2) is 13.4. The highest BCUT2D eigenvalue weighted by atomic mass is 79.9. The third kappa shape index (κ3) is 7.91. The Morgan fingerprint density at radius 1 is 1.00 bits per heavy atom. The van der Waals surface area contributed by atoms with Gasteiger partial charge in [-0.15, -0.1) is 0 Å². The molecule has 0 saturated carbocycles. The molecule has 1 N–H and O–H groups in total. The molecule has 0 unspecified atom stereocenters. The van der Waals surface area contributed by atoms with Crippen LogP contribution in [0.3, 0.4) is 0 Å². The SMILES string of the molecule is CCCCNC(=O)[C@H](Cc1ccccc1)N(Cc1ccc(Br)cc1)C(=O)Cc1c(F)cccc1Cl. The Morgan fingerprint density at radius 2 is 1.71 bits per heavy atom. The van der Waals surface area contributed by atoms with E-state index in [1.54, 1.807) is 11.0 Å². The first-order valence-corrected chi connectivity index (χ1v) is 12.8. The summed E-state index contributed by atoms with van der Waals surface area (Å²) in [5.74, 6) is -1.14. The molecular weight excluding hydrogens is 531 g/mol. The summed E-state index contributed by atoms with van der Waals surface area (Å²) in [7, 11) is 0. The fourth-order valence-electron chi connectivity index (χ4n) is 3.80. The van der Waals surface area contributed by atoms with Gasteiger partial charge in [0.1, 0.15) is 11.9 Å². The van der Waals surface area contributed by atoms with Crippen LogP contribution >= 0.6 is 27.5 Å². The van der Waals surface area contributed by atoms with E-state index >= 15 is 0 Å². The van der Waals surface area contributed by atoms with Crippen molar-refractivity contribution in [2.75, 3.05) is 6.54 Å². The van der Waals surface area contributed by atoms with Gasteiger partial charge in [0.15, 0.2) is 0 Å². The van der Waals surface area contributed by atoms with Crippen molar-refractivity contribution in [1.29, 1.82) is 0 Å². The average molecular weight is 560 g/mol. The van der Waals surface area contributed by atoms with Crippen LogP contribution < -0.4 is 5.32 Å². The number of benzene rings is 3. The van der Waals surface area contributed by atoms with Crippen LogP contribution in [0.4, 0.5) is 4.39 Å². The number of rotatable bonds is 11. The quantitative estimate of drug-likeness (QED) is 0.279. The highest BCUT2D eigenvalue weighted by Crippen LogP contribution is 2.23. The van der Waals surface area contributed by atoms with Crippen LogP contribution in [0, 0.1) is 5.82 Å². The van der Waals surface area contributed by atoms with E-state index in [1.165, 1.54) is 12.1 Å². The van der Waals surface area contributed by atoms with Crippen LogP contribution in [0.1, 0.15) is 36.5 Å². The zero-order chi connectivity index (χ0) is 25.2. The maximum atomic E-state index is 14.5. The van der Waals surface area contributed by atoms with Crippen molar-refractivity contribution in [3.63, 3.8) is 0 Å². The Kier molecular flexibility index (Phi) is 10.3. The Labute approximate surface area is 219 Å². The number of carbonyl (C=O) groups excluding carboxylic acids is 2. The number of amides is 2. The molecule has 184 valence electrons. The summed E-state index contributed by atoms with van der Waals surface area (Å²) in [6.07, 6.45) is 1.88. The lowest BCUT2D eigenvalue weighted by Crippen LogP contribution is -2.51. The van der Waals surface area contributed by atoms with E-state index in [2.05, 4.69) is 28.2 Å². The summed E-state index contributed by atoms with van der Waals surface area (Å²) in [6.45, 7) is 2.78. The van der Waals surface area contributed by atoms with Gasteiger partial charge < -0.3 is 10.2 Å². The number of unbranched alkanes of at least 4 members (excludes halogenated alkanes) is 1. The minimum atomic E-state index is -0.768. The predicted molar refractivity (Wildman–Crippen MR) is 142 cm³/mol. The van der Waals surface area contributed by atoms with Crippen LogP contribution in [0.2, 0.25) is 5.02 Å². The van der Waals surface area contributed by atoms with Crippen LogP contribution in [0.5, 0.6) is 0 Å². The van der Waals surface area contributed by atoms with E-state index in [0.29, 0.717) is 13.0 Å². The summed E-state index contributed by atoms with van der Waals surface area (Å²) < 4.78 is 15.4. The molecule has 0 aromatic heterocycles. The summed E-state index contributed by atoms with van der Waals surface area (Å²) in [4.78, 5) is 28.6. The van der Waals surface area contributed by atoms with Crippen LogP contribution in [-0.2, 0) is 29.0 Å². The minimum Gasteiger partial charge on any atom is -0.354 e. The molecule has 2 amide bonds. The Balaban J connectivity index is 1.97. The van der Waals surface area contributed by atoms with E-state index in [9.17, 15) is 14.0 Å². The molecule has 0 heterocycles. The van der Waals surface area contributed by atoms with Gasteiger partial charge in [-0.2, -0.15) is 0 Å². The Bertz CT molecular complexity index is 1110. The normalized spacial score (nSPS) is 11.7. The molecule has 4 nitrogen and oxygen atoms in total. The topological polar surface area (TPSA) is 49.4 Å². The fourth-order valence-corrected chi connectivity index (χ4v) is 4.29. The van der Waals surface area contributed by atoms with Gasteiger partial charge in [-0.25, -0.2) is 4.39 Å². The standard InChI is InChI=1S/C28H29BrClFN2O2/c1-2-3-16-32-28(35)26(17-20-8-5-4-6-9-20)33(19-21-12-14-22(29)15-13-21)27(34)18-23-24(30)10-7-11-25(23)31/h4-15,26H,2-3,16-19H2,1H3,(H,32,35)/t26-/m0/s1. The van der Waals surface area contributed by atoms with Crippen molar-refractivity contribution < 1.29 is 14.0 Å². The first-order valence-electron chi connectivity index (χ1n) is 11.7. The Hall–Kier alpha value is -2.70. The number of nitrogens with zero attached hydrogens (tertiary/aromatic N) is 1.